The van der Waals surface area contributed by atoms with Crippen LogP contribution in [0.5, 0.6) is 11.5 Å². The average Bonchev–Trinajstić information content (AvgIpc) is 2.84. The van der Waals surface area contributed by atoms with Crippen LogP contribution >= 0.6 is 23.2 Å². The van der Waals surface area contributed by atoms with Gasteiger partial charge in [-0.3, -0.25) is 9.10 Å². The van der Waals surface area contributed by atoms with E-state index in [2.05, 4.69) is 0 Å². The van der Waals surface area contributed by atoms with Crippen LogP contribution in [-0.2, 0) is 26.0 Å². The minimum absolute atomic E-state index is 0.0984. The molecule has 0 atom stereocenters. The number of halogens is 2. The maximum absolute atomic E-state index is 14.0. The second kappa shape index (κ2) is 11.7. The number of methoxy groups -OCH3 is 2. The summed E-state index contributed by atoms with van der Waals surface area (Å²) in [6.07, 6.45) is 0.277. The van der Waals surface area contributed by atoms with Crippen LogP contribution in [-0.4, -0.2) is 41.8 Å². The summed E-state index contributed by atoms with van der Waals surface area (Å²) >= 11 is 12.6. The molecule has 0 radical (unpaired) electrons. The number of esters is 1. The van der Waals surface area contributed by atoms with Crippen LogP contribution < -0.4 is 13.8 Å². The molecule has 0 N–H and O–H groups in total. The lowest BCUT2D eigenvalue weighted by atomic mass is 10.0. The van der Waals surface area contributed by atoms with Crippen LogP contribution in [0.4, 0.5) is 5.69 Å². The number of rotatable bonds is 10. The molecule has 35 heavy (non-hydrogen) atoms. The third-order valence-electron chi connectivity index (χ3n) is 5.17. The first kappa shape index (κ1) is 26.7. The molecule has 0 fully saturated rings. The van der Waals surface area contributed by atoms with Crippen LogP contribution in [0.15, 0.2) is 65.6 Å². The van der Waals surface area contributed by atoms with Crippen LogP contribution in [0, 0.1) is 0 Å². The maximum atomic E-state index is 14.0. The minimum atomic E-state index is -4.33. The largest absolute Gasteiger partial charge is 0.497 e. The molecule has 0 spiro atoms. The lowest BCUT2D eigenvalue weighted by molar-refractivity contribution is -0.141. The van der Waals surface area contributed by atoms with Crippen molar-refractivity contribution < 1.29 is 27.4 Å². The topological polar surface area (TPSA) is 82.1 Å². The van der Waals surface area contributed by atoms with Crippen LogP contribution in [0.3, 0.4) is 0 Å². The first-order chi connectivity index (χ1) is 16.7. The lowest BCUT2D eigenvalue weighted by Crippen LogP contribution is -2.37. The Labute approximate surface area is 215 Å². The van der Waals surface area contributed by atoms with Gasteiger partial charge < -0.3 is 14.2 Å². The second-order valence-corrected chi connectivity index (χ2v) is 10.0. The Morgan fingerprint density at radius 3 is 2.34 bits per heavy atom. The molecule has 186 valence electrons. The Morgan fingerprint density at radius 2 is 1.69 bits per heavy atom. The molecule has 3 rings (SSSR count). The molecule has 0 aliphatic carbocycles. The molecule has 3 aromatic carbocycles. The predicted octanol–water partition coefficient (Wildman–Crippen LogP) is 5.36. The standard InChI is InChI=1S/C25H25Cl2NO6S/c1-4-34-25(29)16-28(35(30,31)24-15-20(32-2)10-12-23(24)33-3)22-11-9-19(26)14-18(22)13-17-7-5-6-8-21(17)27/h5-12,14-15H,4,13,16H2,1-3H3. The highest BCUT2D eigenvalue weighted by Gasteiger charge is 2.32. The van der Waals surface area contributed by atoms with E-state index in [4.69, 9.17) is 37.4 Å². The van der Waals surface area contributed by atoms with Gasteiger partial charge in [-0.25, -0.2) is 8.42 Å². The number of nitrogens with zero attached hydrogens (tertiary/aromatic N) is 1. The Balaban J connectivity index is 2.21. The fraction of sp³-hybridized carbons (Fsp3) is 0.240. The number of sulfonamides is 1. The van der Waals surface area contributed by atoms with Crippen LogP contribution in [0.2, 0.25) is 10.0 Å². The van der Waals surface area contributed by atoms with Gasteiger partial charge in [-0.05, 0) is 54.4 Å². The molecular formula is C25H25Cl2NO6S. The highest BCUT2D eigenvalue weighted by atomic mass is 35.5. The zero-order valence-corrected chi connectivity index (χ0v) is 21.8. The number of carbonyl (C=O) groups excluding carboxylic acids is 1. The number of carbonyl (C=O) groups is 1. The normalized spacial score (nSPS) is 11.1. The van der Waals surface area contributed by atoms with E-state index in [1.54, 1.807) is 43.3 Å². The molecule has 0 bridgehead atoms. The van der Waals surface area contributed by atoms with Gasteiger partial charge >= 0.3 is 5.97 Å². The van der Waals surface area contributed by atoms with Crippen molar-refractivity contribution in [3.05, 3.63) is 81.8 Å². The summed E-state index contributed by atoms with van der Waals surface area (Å²) in [5.74, 6) is -0.300. The molecular weight excluding hydrogens is 513 g/mol. The fourth-order valence-corrected chi connectivity index (χ4v) is 5.53. The smallest absolute Gasteiger partial charge is 0.326 e. The van der Waals surface area contributed by atoms with E-state index in [9.17, 15) is 13.2 Å². The first-order valence-corrected chi connectivity index (χ1v) is 12.8. The molecule has 0 saturated carbocycles. The maximum Gasteiger partial charge on any atom is 0.326 e. The number of benzene rings is 3. The van der Waals surface area contributed by atoms with Gasteiger partial charge in [0.2, 0.25) is 0 Å². The quantitative estimate of drug-likeness (QED) is 0.324. The Bertz CT molecular complexity index is 1310. The zero-order chi connectivity index (χ0) is 25.6. The Hall–Kier alpha value is -2.94. The van der Waals surface area contributed by atoms with E-state index in [1.165, 1.54) is 26.4 Å². The minimum Gasteiger partial charge on any atom is -0.497 e. The van der Waals surface area contributed by atoms with E-state index in [0.717, 1.165) is 9.87 Å². The summed E-state index contributed by atoms with van der Waals surface area (Å²) in [7, 11) is -1.54. The van der Waals surface area contributed by atoms with Crippen molar-refractivity contribution in [2.24, 2.45) is 0 Å². The molecule has 0 heterocycles. The third kappa shape index (κ3) is 6.20. The Morgan fingerprint density at radius 1 is 0.943 bits per heavy atom. The summed E-state index contributed by atoms with van der Waals surface area (Å²) in [6.45, 7) is 1.18. The highest BCUT2D eigenvalue weighted by molar-refractivity contribution is 7.93. The fourth-order valence-electron chi connectivity index (χ4n) is 3.51. The van der Waals surface area contributed by atoms with Gasteiger partial charge in [-0.1, -0.05) is 41.4 Å². The molecule has 3 aromatic rings. The summed E-state index contributed by atoms with van der Waals surface area (Å²) in [5, 5.41) is 0.927. The van der Waals surface area contributed by atoms with Crippen molar-refractivity contribution in [1.29, 1.82) is 0 Å². The summed E-state index contributed by atoms with van der Waals surface area (Å²) in [6, 6.07) is 16.4. The SMILES string of the molecule is CCOC(=O)CN(c1ccc(Cl)cc1Cc1ccccc1Cl)S(=O)(=O)c1cc(OC)ccc1OC. The number of hydrogen-bond acceptors (Lipinski definition) is 6. The molecule has 0 unspecified atom stereocenters. The van der Waals surface area contributed by atoms with Crippen molar-refractivity contribution in [3.63, 3.8) is 0 Å². The molecule has 7 nitrogen and oxygen atoms in total. The summed E-state index contributed by atoms with van der Waals surface area (Å²) in [4.78, 5) is 12.4. The molecule has 0 amide bonds. The van der Waals surface area contributed by atoms with Crippen molar-refractivity contribution in [1.82, 2.24) is 0 Å². The van der Waals surface area contributed by atoms with E-state index >= 15 is 0 Å². The van der Waals surface area contributed by atoms with Gasteiger partial charge in [0.1, 0.15) is 22.9 Å². The molecule has 10 heteroatoms. The average molecular weight is 538 g/mol. The molecule has 0 aromatic heterocycles. The summed E-state index contributed by atoms with van der Waals surface area (Å²) < 4.78 is 44.6. The van der Waals surface area contributed by atoms with Crippen molar-refractivity contribution in [3.8, 4) is 11.5 Å². The van der Waals surface area contributed by atoms with E-state index in [1.807, 2.05) is 12.1 Å². The second-order valence-electron chi connectivity index (χ2n) is 7.37. The monoisotopic (exact) mass is 537 g/mol. The van der Waals surface area contributed by atoms with E-state index in [0.29, 0.717) is 21.4 Å². The number of anilines is 1. The zero-order valence-electron chi connectivity index (χ0n) is 19.5. The van der Waals surface area contributed by atoms with Gasteiger partial charge in [0.05, 0.1) is 26.5 Å². The third-order valence-corrected chi connectivity index (χ3v) is 7.55. The van der Waals surface area contributed by atoms with Crippen LogP contribution in [0.1, 0.15) is 18.1 Å². The molecule has 0 saturated heterocycles. The molecule has 0 aliphatic heterocycles. The van der Waals surface area contributed by atoms with Gasteiger partial charge in [-0.15, -0.1) is 0 Å². The van der Waals surface area contributed by atoms with Crippen molar-refractivity contribution in [2.75, 3.05) is 31.7 Å². The van der Waals surface area contributed by atoms with Crippen molar-refractivity contribution in [2.45, 2.75) is 18.2 Å². The summed E-state index contributed by atoms with van der Waals surface area (Å²) in [5.41, 5.74) is 1.58. The van der Waals surface area contributed by atoms with Gasteiger partial charge in [0, 0.05) is 22.5 Å². The lowest BCUT2D eigenvalue weighted by Gasteiger charge is -2.27. The molecule has 0 aliphatic rings. The van der Waals surface area contributed by atoms with Gasteiger partial charge in [0.15, 0.2) is 0 Å². The predicted molar refractivity (Wildman–Crippen MR) is 136 cm³/mol. The highest BCUT2D eigenvalue weighted by Crippen LogP contribution is 2.36. The van der Waals surface area contributed by atoms with E-state index in [-0.39, 0.29) is 29.4 Å². The Kier molecular flexibility index (Phi) is 8.88. The van der Waals surface area contributed by atoms with Gasteiger partial charge in [0.25, 0.3) is 10.0 Å². The first-order valence-electron chi connectivity index (χ1n) is 10.6. The number of ether oxygens (including phenoxy) is 3. The van der Waals surface area contributed by atoms with E-state index < -0.39 is 22.5 Å². The van der Waals surface area contributed by atoms with Crippen LogP contribution in [0.25, 0.3) is 0 Å². The number of hydrogen-bond donors (Lipinski definition) is 0. The van der Waals surface area contributed by atoms with Gasteiger partial charge in [-0.2, -0.15) is 0 Å². The van der Waals surface area contributed by atoms with Crippen molar-refractivity contribution >= 4 is 44.9 Å².